The normalized spacial score (nSPS) is 14.2. The van der Waals surface area contributed by atoms with Crippen LogP contribution in [0, 0.1) is 0 Å². The van der Waals surface area contributed by atoms with Gasteiger partial charge in [0.1, 0.15) is 12.3 Å². The second-order valence-corrected chi connectivity index (χ2v) is 8.41. The SMILES string of the molecule is CCOC(=O)Cn1cc(CCN2CCN(c3ccccc3Cl)CC2)c2cc(OC)ccc21.Cl. The monoisotopic (exact) mass is 491 g/mol. The Balaban J connectivity index is 0.00000306. The Kier molecular flexibility index (Phi) is 8.89. The van der Waals surface area contributed by atoms with E-state index in [0.29, 0.717) is 6.61 Å². The largest absolute Gasteiger partial charge is 0.497 e. The third-order valence-electron chi connectivity index (χ3n) is 6.04. The standard InChI is InChI=1S/C25H30ClN3O3.ClH/c1-3-32-25(30)18-29-17-19(21-16-20(31-2)8-9-23(21)29)10-11-27-12-14-28(15-13-27)24-7-5-4-6-22(24)26;/h4-9,16-17H,3,10-15,18H2,1-2H3;1H. The fourth-order valence-corrected chi connectivity index (χ4v) is 4.61. The number of fused-ring (bicyclic) bond motifs is 1. The second-order valence-electron chi connectivity index (χ2n) is 8.00. The number of piperazine rings is 1. The highest BCUT2D eigenvalue weighted by atomic mass is 35.5. The van der Waals surface area contributed by atoms with Crippen LogP contribution in [0.25, 0.3) is 10.9 Å². The zero-order valence-electron chi connectivity index (χ0n) is 19.1. The number of methoxy groups -OCH3 is 1. The number of halogens is 2. The number of aromatic nitrogens is 1. The molecule has 0 amide bonds. The van der Waals surface area contributed by atoms with E-state index in [1.807, 2.05) is 41.8 Å². The predicted octanol–water partition coefficient (Wildman–Crippen LogP) is 4.65. The first kappa shape index (κ1) is 25.2. The van der Waals surface area contributed by atoms with Crippen molar-refractivity contribution in [2.75, 3.05) is 51.3 Å². The summed E-state index contributed by atoms with van der Waals surface area (Å²) in [7, 11) is 1.68. The molecule has 0 bridgehead atoms. The molecule has 0 radical (unpaired) electrons. The van der Waals surface area contributed by atoms with Crippen molar-refractivity contribution in [3.63, 3.8) is 0 Å². The molecule has 1 saturated heterocycles. The van der Waals surface area contributed by atoms with Crippen LogP contribution in [-0.4, -0.2) is 61.9 Å². The maximum Gasteiger partial charge on any atom is 0.325 e. The van der Waals surface area contributed by atoms with Crippen LogP contribution < -0.4 is 9.64 Å². The van der Waals surface area contributed by atoms with Crippen LogP contribution in [0.1, 0.15) is 12.5 Å². The molecule has 0 unspecified atom stereocenters. The molecule has 0 N–H and O–H groups in total. The van der Waals surface area contributed by atoms with Gasteiger partial charge in [0, 0.05) is 49.8 Å². The molecule has 6 nitrogen and oxygen atoms in total. The number of carbonyl (C=O) groups is 1. The van der Waals surface area contributed by atoms with E-state index in [0.717, 1.165) is 66.5 Å². The molecular weight excluding hydrogens is 461 g/mol. The molecule has 1 fully saturated rings. The fraction of sp³-hybridized carbons (Fsp3) is 0.400. The van der Waals surface area contributed by atoms with Crippen molar-refractivity contribution in [2.24, 2.45) is 0 Å². The Labute approximate surface area is 206 Å². The van der Waals surface area contributed by atoms with Gasteiger partial charge in [0.25, 0.3) is 0 Å². The highest BCUT2D eigenvalue weighted by Gasteiger charge is 2.19. The van der Waals surface area contributed by atoms with E-state index in [4.69, 9.17) is 21.1 Å². The molecular formula is C25H31Cl2N3O3. The summed E-state index contributed by atoms with van der Waals surface area (Å²) in [6, 6.07) is 14.0. The van der Waals surface area contributed by atoms with Gasteiger partial charge in [0.2, 0.25) is 0 Å². The van der Waals surface area contributed by atoms with E-state index >= 15 is 0 Å². The summed E-state index contributed by atoms with van der Waals surface area (Å²) >= 11 is 6.37. The number of rotatable bonds is 8. The summed E-state index contributed by atoms with van der Waals surface area (Å²) in [6.07, 6.45) is 2.99. The van der Waals surface area contributed by atoms with Crippen molar-refractivity contribution in [1.82, 2.24) is 9.47 Å². The molecule has 0 atom stereocenters. The first-order valence-corrected chi connectivity index (χ1v) is 11.5. The molecule has 8 heteroatoms. The first-order chi connectivity index (χ1) is 15.6. The molecule has 0 saturated carbocycles. The Hall–Kier alpha value is -2.41. The molecule has 4 rings (SSSR count). The highest BCUT2D eigenvalue weighted by Crippen LogP contribution is 2.28. The van der Waals surface area contributed by atoms with Crippen LogP contribution in [0.3, 0.4) is 0 Å². The Morgan fingerprint density at radius 3 is 2.55 bits per heavy atom. The molecule has 2 aromatic carbocycles. The number of carbonyl (C=O) groups excluding carboxylic acids is 1. The molecule has 0 aliphatic carbocycles. The van der Waals surface area contributed by atoms with E-state index < -0.39 is 0 Å². The quantitative estimate of drug-likeness (QED) is 0.429. The average molecular weight is 492 g/mol. The molecule has 33 heavy (non-hydrogen) atoms. The van der Waals surface area contributed by atoms with Gasteiger partial charge in [-0.1, -0.05) is 23.7 Å². The molecule has 1 aromatic heterocycles. The van der Waals surface area contributed by atoms with Gasteiger partial charge in [-0.25, -0.2) is 0 Å². The summed E-state index contributed by atoms with van der Waals surface area (Å²) in [5, 5.41) is 1.94. The van der Waals surface area contributed by atoms with Gasteiger partial charge in [0.05, 0.1) is 24.4 Å². The summed E-state index contributed by atoms with van der Waals surface area (Å²) < 4.78 is 12.6. The van der Waals surface area contributed by atoms with Gasteiger partial charge in [-0.3, -0.25) is 9.69 Å². The zero-order valence-corrected chi connectivity index (χ0v) is 20.7. The van der Waals surface area contributed by atoms with Crippen molar-refractivity contribution in [2.45, 2.75) is 19.9 Å². The molecule has 2 heterocycles. The summed E-state index contributed by atoms with van der Waals surface area (Å²) in [4.78, 5) is 16.9. The van der Waals surface area contributed by atoms with Gasteiger partial charge in [-0.15, -0.1) is 12.4 Å². The Bertz CT molecular complexity index is 1080. The topological polar surface area (TPSA) is 46.9 Å². The van der Waals surface area contributed by atoms with Gasteiger partial charge in [-0.05, 0) is 49.2 Å². The summed E-state index contributed by atoms with van der Waals surface area (Å²) in [5.41, 5.74) is 3.36. The van der Waals surface area contributed by atoms with Crippen molar-refractivity contribution < 1.29 is 14.3 Å². The van der Waals surface area contributed by atoms with Crippen LogP contribution in [0.5, 0.6) is 5.75 Å². The second kappa shape index (κ2) is 11.6. The number of hydrogen-bond acceptors (Lipinski definition) is 5. The molecule has 178 valence electrons. The third kappa shape index (κ3) is 5.94. The van der Waals surface area contributed by atoms with E-state index in [2.05, 4.69) is 28.1 Å². The van der Waals surface area contributed by atoms with Crippen LogP contribution >= 0.6 is 24.0 Å². The van der Waals surface area contributed by atoms with Gasteiger partial charge in [0.15, 0.2) is 0 Å². The van der Waals surface area contributed by atoms with Crippen molar-refractivity contribution in [1.29, 1.82) is 0 Å². The minimum absolute atomic E-state index is 0. The molecule has 0 spiro atoms. The van der Waals surface area contributed by atoms with Crippen LogP contribution in [-0.2, 0) is 22.5 Å². The molecule has 1 aliphatic rings. The van der Waals surface area contributed by atoms with Crippen molar-refractivity contribution >= 4 is 46.6 Å². The molecule has 1 aliphatic heterocycles. The lowest BCUT2D eigenvalue weighted by Gasteiger charge is -2.36. The van der Waals surface area contributed by atoms with Crippen molar-refractivity contribution in [3.05, 3.63) is 59.2 Å². The van der Waals surface area contributed by atoms with Crippen LogP contribution in [0.4, 0.5) is 5.69 Å². The number of benzene rings is 2. The van der Waals surface area contributed by atoms with Gasteiger partial charge >= 0.3 is 5.97 Å². The lowest BCUT2D eigenvalue weighted by atomic mass is 10.1. The van der Waals surface area contributed by atoms with E-state index in [1.165, 1.54) is 5.56 Å². The third-order valence-corrected chi connectivity index (χ3v) is 6.36. The molecule has 3 aromatic rings. The number of anilines is 1. The smallest absolute Gasteiger partial charge is 0.325 e. The van der Waals surface area contributed by atoms with Crippen LogP contribution in [0.15, 0.2) is 48.7 Å². The summed E-state index contributed by atoms with van der Waals surface area (Å²) in [6.45, 7) is 7.31. The maximum atomic E-state index is 12.1. The number of hydrogen-bond donors (Lipinski definition) is 0. The van der Waals surface area contributed by atoms with E-state index in [9.17, 15) is 4.79 Å². The first-order valence-electron chi connectivity index (χ1n) is 11.1. The Morgan fingerprint density at radius 2 is 1.85 bits per heavy atom. The van der Waals surface area contributed by atoms with E-state index in [1.54, 1.807) is 7.11 Å². The van der Waals surface area contributed by atoms with E-state index in [-0.39, 0.29) is 24.9 Å². The van der Waals surface area contributed by atoms with Crippen molar-refractivity contribution in [3.8, 4) is 5.75 Å². The fourth-order valence-electron chi connectivity index (χ4n) is 4.35. The highest BCUT2D eigenvalue weighted by molar-refractivity contribution is 6.33. The average Bonchev–Trinajstić information content (AvgIpc) is 3.15. The predicted molar refractivity (Wildman–Crippen MR) is 136 cm³/mol. The van der Waals surface area contributed by atoms with Crippen LogP contribution in [0.2, 0.25) is 5.02 Å². The number of para-hydroxylation sites is 1. The zero-order chi connectivity index (χ0) is 22.5. The summed E-state index contributed by atoms with van der Waals surface area (Å²) in [5.74, 6) is 0.600. The lowest BCUT2D eigenvalue weighted by molar-refractivity contribution is -0.143. The number of esters is 1. The number of nitrogens with zero attached hydrogens (tertiary/aromatic N) is 3. The lowest BCUT2D eigenvalue weighted by Crippen LogP contribution is -2.47. The number of ether oxygens (including phenoxy) is 2. The van der Waals surface area contributed by atoms with Gasteiger partial charge < -0.3 is 18.9 Å². The maximum absolute atomic E-state index is 12.1. The van der Waals surface area contributed by atoms with Gasteiger partial charge in [-0.2, -0.15) is 0 Å². The minimum atomic E-state index is -0.220. The Morgan fingerprint density at radius 1 is 1.09 bits per heavy atom. The minimum Gasteiger partial charge on any atom is -0.497 e.